The van der Waals surface area contributed by atoms with E-state index in [2.05, 4.69) is 4.57 Å². The van der Waals surface area contributed by atoms with Crippen molar-refractivity contribution in [3.63, 3.8) is 0 Å². The molecule has 1 heterocycles. The predicted molar refractivity (Wildman–Crippen MR) is 129 cm³/mol. The molecule has 2 aromatic rings. The minimum Gasteiger partial charge on any atom is -0.393 e. The number of hydrogen-bond donors (Lipinski definition) is 2. The van der Waals surface area contributed by atoms with Crippen LogP contribution in [0.4, 0.5) is 0 Å². The van der Waals surface area contributed by atoms with Crippen molar-refractivity contribution in [3.8, 4) is 11.3 Å². The van der Waals surface area contributed by atoms with Crippen LogP contribution in [0.25, 0.3) is 11.3 Å². The maximum atomic E-state index is 11.8. The Kier molecular flexibility index (Phi) is 8.88. The summed E-state index contributed by atoms with van der Waals surface area (Å²) in [5.74, 6) is 0.219. The lowest BCUT2D eigenvalue weighted by Crippen LogP contribution is -2.17. The SMILES string of the molecule is Cc1c(C(N)=O)cc(-c2cc(Cl)ccc2Cl)n1CC1CCCCC1.OC1CCCCC1. The summed E-state index contributed by atoms with van der Waals surface area (Å²) in [6, 6.07) is 7.25. The fraction of sp³-hybridized carbons (Fsp3) is 0.560. The van der Waals surface area contributed by atoms with Crippen LogP contribution in [0.3, 0.4) is 0 Å². The number of aliphatic hydroxyl groups excluding tert-OH is 1. The lowest BCUT2D eigenvalue weighted by Gasteiger charge is -2.24. The first-order valence-corrected chi connectivity index (χ1v) is 12.3. The standard InChI is InChI=1S/C19H22Cl2N2O.C6H12O/c1-12-15(19(22)24)10-18(16-9-14(20)7-8-17(16)21)23(12)11-13-5-3-2-4-6-13;7-6-4-2-1-3-5-6/h7-10,13H,2-6,11H2,1H3,(H2,22,24);6-7H,1-5H2. The summed E-state index contributed by atoms with van der Waals surface area (Å²) in [6.07, 6.45) is 12.3. The molecule has 3 N–H and O–H groups in total. The van der Waals surface area contributed by atoms with Crippen molar-refractivity contribution in [1.82, 2.24) is 4.57 Å². The van der Waals surface area contributed by atoms with Gasteiger partial charge in [0.2, 0.25) is 0 Å². The van der Waals surface area contributed by atoms with Gasteiger partial charge in [0.05, 0.1) is 17.4 Å². The Bertz CT molecular complexity index is 882. The predicted octanol–water partition coefficient (Wildman–Crippen LogP) is 6.76. The molecule has 0 atom stereocenters. The Morgan fingerprint density at radius 1 is 1.03 bits per heavy atom. The number of aliphatic hydroxyl groups is 1. The van der Waals surface area contributed by atoms with E-state index in [1.165, 1.54) is 51.4 Å². The number of carbonyl (C=O) groups excluding carboxylic acids is 1. The Morgan fingerprint density at radius 2 is 1.65 bits per heavy atom. The van der Waals surface area contributed by atoms with Gasteiger partial charge < -0.3 is 15.4 Å². The van der Waals surface area contributed by atoms with Crippen molar-refractivity contribution in [2.24, 2.45) is 11.7 Å². The number of carbonyl (C=O) groups is 1. The first-order valence-electron chi connectivity index (χ1n) is 11.5. The van der Waals surface area contributed by atoms with Gasteiger partial charge in [0.25, 0.3) is 5.91 Å². The van der Waals surface area contributed by atoms with Crippen molar-refractivity contribution in [3.05, 3.63) is 45.6 Å². The third kappa shape index (κ3) is 6.50. The largest absolute Gasteiger partial charge is 0.393 e. The van der Waals surface area contributed by atoms with Crippen LogP contribution < -0.4 is 5.73 Å². The van der Waals surface area contributed by atoms with Crippen molar-refractivity contribution in [1.29, 1.82) is 0 Å². The zero-order valence-electron chi connectivity index (χ0n) is 18.4. The summed E-state index contributed by atoms with van der Waals surface area (Å²) in [4.78, 5) is 11.8. The number of amides is 1. The van der Waals surface area contributed by atoms with Crippen molar-refractivity contribution < 1.29 is 9.90 Å². The van der Waals surface area contributed by atoms with E-state index in [1.807, 2.05) is 19.1 Å². The van der Waals surface area contributed by atoms with Crippen LogP contribution in [0.5, 0.6) is 0 Å². The van der Waals surface area contributed by atoms with Gasteiger partial charge in [-0.15, -0.1) is 0 Å². The topological polar surface area (TPSA) is 68.2 Å². The number of rotatable bonds is 4. The van der Waals surface area contributed by atoms with Crippen LogP contribution >= 0.6 is 23.2 Å². The molecule has 4 nitrogen and oxygen atoms in total. The van der Waals surface area contributed by atoms with E-state index in [9.17, 15) is 4.79 Å². The molecular formula is C25H34Cl2N2O2. The lowest BCUT2D eigenvalue weighted by molar-refractivity contribution is 0.0999. The van der Waals surface area contributed by atoms with E-state index in [4.69, 9.17) is 34.0 Å². The lowest BCUT2D eigenvalue weighted by atomic mass is 9.89. The van der Waals surface area contributed by atoms with Gasteiger partial charge in [-0.3, -0.25) is 4.79 Å². The highest BCUT2D eigenvalue weighted by atomic mass is 35.5. The van der Waals surface area contributed by atoms with Gasteiger partial charge in [0, 0.05) is 27.8 Å². The van der Waals surface area contributed by atoms with E-state index < -0.39 is 5.91 Å². The van der Waals surface area contributed by atoms with Gasteiger partial charge in [-0.1, -0.05) is 61.7 Å². The van der Waals surface area contributed by atoms with Gasteiger partial charge in [-0.2, -0.15) is 0 Å². The van der Waals surface area contributed by atoms with Gasteiger partial charge in [-0.05, 0) is 62.8 Å². The van der Waals surface area contributed by atoms with Gasteiger partial charge in [0.15, 0.2) is 0 Å². The van der Waals surface area contributed by atoms with E-state index in [0.29, 0.717) is 21.5 Å². The van der Waals surface area contributed by atoms with Gasteiger partial charge in [0.1, 0.15) is 0 Å². The zero-order chi connectivity index (χ0) is 22.4. The fourth-order valence-electron chi connectivity index (χ4n) is 4.76. The summed E-state index contributed by atoms with van der Waals surface area (Å²) >= 11 is 12.6. The van der Waals surface area contributed by atoms with Crippen LogP contribution in [0, 0.1) is 12.8 Å². The molecule has 0 spiro atoms. The first-order chi connectivity index (χ1) is 14.9. The number of benzene rings is 1. The monoisotopic (exact) mass is 464 g/mol. The number of primary amides is 1. The summed E-state index contributed by atoms with van der Waals surface area (Å²) in [7, 11) is 0. The van der Waals surface area contributed by atoms with Gasteiger partial charge >= 0.3 is 0 Å². The van der Waals surface area contributed by atoms with E-state index in [-0.39, 0.29) is 6.10 Å². The van der Waals surface area contributed by atoms with Crippen molar-refractivity contribution in [2.75, 3.05) is 0 Å². The second-order valence-corrected chi connectivity index (χ2v) is 9.77. The number of aromatic nitrogens is 1. The third-order valence-electron chi connectivity index (χ3n) is 6.58. The maximum absolute atomic E-state index is 11.8. The summed E-state index contributed by atoms with van der Waals surface area (Å²) in [6.45, 7) is 2.84. The van der Waals surface area contributed by atoms with E-state index in [1.54, 1.807) is 12.1 Å². The molecule has 2 saturated carbocycles. The summed E-state index contributed by atoms with van der Waals surface area (Å²) in [5, 5.41) is 10.2. The molecule has 0 aliphatic heterocycles. The number of nitrogens with zero attached hydrogens (tertiary/aromatic N) is 1. The summed E-state index contributed by atoms with van der Waals surface area (Å²) < 4.78 is 2.19. The molecule has 0 saturated heterocycles. The Labute approximate surface area is 195 Å². The van der Waals surface area contributed by atoms with Crippen LogP contribution in [0.15, 0.2) is 24.3 Å². The molecule has 2 aliphatic carbocycles. The van der Waals surface area contributed by atoms with Gasteiger partial charge in [-0.25, -0.2) is 0 Å². The highest BCUT2D eigenvalue weighted by Crippen LogP contribution is 2.35. The fourth-order valence-corrected chi connectivity index (χ4v) is 5.14. The molecule has 0 radical (unpaired) electrons. The molecule has 2 aliphatic rings. The smallest absolute Gasteiger partial charge is 0.250 e. The molecule has 31 heavy (non-hydrogen) atoms. The highest BCUT2D eigenvalue weighted by Gasteiger charge is 2.22. The van der Waals surface area contributed by atoms with Crippen LogP contribution in [-0.2, 0) is 6.54 Å². The average Bonchev–Trinajstić information content (AvgIpc) is 3.08. The van der Waals surface area contributed by atoms with Crippen LogP contribution in [0.1, 0.15) is 80.3 Å². The van der Waals surface area contributed by atoms with E-state index in [0.717, 1.165) is 36.3 Å². The molecule has 4 rings (SSSR count). The molecule has 1 aromatic carbocycles. The molecule has 0 bridgehead atoms. The second-order valence-electron chi connectivity index (χ2n) is 8.92. The molecule has 1 aromatic heterocycles. The highest BCUT2D eigenvalue weighted by molar-refractivity contribution is 6.35. The van der Waals surface area contributed by atoms with Crippen LogP contribution in [0.2, 0.25) is 10.0 Å². The molecule has 1 amide bonds. The number of hydrogen-bond acceptors (Lipinski definition) is 2. The number of halogens is 2. The van der Waals surface area contributed by atoms with Crippen molar-refractivity contribution in [2.45, 2.75) is 83.8 Å². The van der Waals surface area contributed by atoms with Crippen molar-refractivity contribution >= 4 is 29.1 Å². The normalized spacial score (nSPS) is 17.8. The van der Waals surface area contributed by atoms with Crippen LogP contribution in [-0.4, -0.2) is 21.7 Å². The molecular weight excluding hydrogens is 431 g/mol. The molecule has 170 valence electrons. The molecule has 6 heteroatoms. The minimum absolute atomic E-state index is 0.0359. The Balaban J connectivity index is 0.000000330. The Morgan fingerprint density at radius 3 is 2.19 bits per heavy atom. The maximum Gasteiger partial charge on any atom is 0.250 e. The summed E-state index contributed by atoms with van der Waals surface area (Å²) in [5.41, 5.74) is 8.78. The third-order valence-corrected chi connectivity index (χ3v) is 7.14. The second kappa shape index (κ2) is 11.4. The van der Waals surface area contributed by atoms with E-state index >= 15 is 0 Å². The average molecular weight is 465 g/mol. The minimum atomic E-state index is -0.408. The molecule has 2 fully saturated rings. The zero-order valence-corrected chi connectivity index (χ0v) is 19.9. The number of nitrogens with two attached hydrogens (primary N) is 1. The first kappa shape index (κ1) is 24.2. The molecule has 0 unspecified atom stereocenters. The quantitative estimate of drug-likeness (QED) is 0.524. The Hall–Kier alpha value is -1.49.